The van der Waals surface area contributed by atoms with E-state index in [1.165, 1.54) is 44.8 Å². The van der Waals surface area contributed by atoms with E-state index in [4.69, 9.17) is 4.74 Å². The monoisotopic (exact) mass is 266 g/mol. The minimum absolute atomic E-state index is 0.145. The van der Waals surface area contributed by atoms with E-state index in [-0.39, 0.29) is 5.60 Å². The third-order valence-corrected chi connectivity index (χ3v) is 5.42. The quantitative estimate of drug-likeness (QED) is 0.691. The van der Waals surface area contributed by atoms with Crippen molar-refractivity contribution in [2.45, 2.75) is 77.2 Å². The van der Waals surface area contributed by atoms with Crippen LogP contribution in [0.15, 0.2) is 0 Å². The lowest BCUT2D eigenvalue weighted by Gasteiger charge is -2.41. The van der Waals surface area contributed by atoms with Crippen LogP contribution < -0.4 is 0 Å². The molecule has 2 heteroatoms. The highest BCUT2D eigenvalue weighted by Crippen LogP contribution is 2.43. The molecule has 0 bridgehead atoms. The van der Waals surface area contributed by atoms with E-state index in [0.717, 1.165) is 37.7 Å². The Morgan fingerprint density at radius 2 is 1.63 bits per heavy atom. The average Bonchev–Trinajstić information content (AvgIpc) is 2.46. The maximum atomic E-state index is 10.8. The van der Waals surface area contributed by atoms with Gasteiger partial charge in [-0.25, -0.2) is 0 Å². The van der Waals surface area contributed by atoms with Crippen LogP contribution in [0, 0.1) is 17.8 Å². The molecule has 0 aromatic rings. The lowest BCUT2D eigenvalue weighted by Crippen LogP contribution is -2.36. The molecule has 0 aromatic heterocycles. The average molecular weight is 266 g/mol. The molecular weight excluding hydrogens is 236 g/mol. The van der Waals surface area contributed by atoms with Gasteiger partial charge in [0.25, 0.3) is 0 Å². The Morgan fingerprint density at radius 1 is 1.05 bits per heavy atom. The summed E-state index contributed by atoms with van der Waals surface area (Å²) in [5, 5.41) is 0. The van der Waals surface area contributed by atoms with Crippen LogP contribution in [0.3, 0.4) is 0 Å². The van der Waals surface area contributed by atoms with Gasteiger partial charge in [-0.3, -0.25) is 0 Å². The van der Waals surface area contributed by atoms with Gasteiger partial charge in [0.1, 0.15) is 6.29 Å². The number of hydrogen-bond acceptors (Lipinski definition) is 2. The van der Waals surface area contributed by atoms with Crippen LogP contribution >= 0.6 is 0 Å². The molecule has 0 aromatic carbocycles. The van der Waals surface area contributed by atoms with E-state index in [0.29, 0.717) is 5.92 Å². The zero-order chi connectivity index (χ0) is 13.7. The third-order valence-electron chi connectivity index (χ3n) is 5.42. The minimum atomic E-state index is 0.145. The first-order chi connectivity index (χ1) is 9.17. The van der Waals surface area contributed by atoms with Crippen LogP contribution in [0.5, 0.6) is 0 Å². The van der Waals surface area contributed by atoms with Crippen molar-refractivity contribution < 1.29 is 9.53 Å². The maximum absolute atomic E-state index is 10.8. The standard InChI is InChI=1S/C17H30O2/c1-3-12-19-17(2)10-8-16(9-11-17)15-6-4-14(13-18)5-7-15/h13-16H,3-12H2,1-2H3. The summed E-state index contributed by atoms with van der Waals surface area (Å²) in [6.07, 6.45) is 12.2. The van der Waals surface area contributed by atoms with Crippen LogP contribution in [-0.4, -0.2) is 18.5 Å². The predicted molar refractivity (Wildman–Crippen MR) is 78.1 cm³/mol. The summed E-state index contributed by atoms with van der Waals surface area (Å²) in [4.78, 5) is 10.8. The summed E-state index contributed by atoms with van der Waals surface area (Å²) in [6.45, 7) is 5.38. The maximum Gasteiger partial charge on any atom is 0.123 e. The highest BCUT2D eigenvalue weighted by atomic mass is 16.5. The topological polar surface area (TPSA) is 26.3 Å². The van der Waals surface area contributed by atoms with E-state index in [1.54, 1.807) is 0 Å². The van der Waals surface area contributed by atoms with Gasteiger partial charge in [0.05, 0.1) is 5.60 Å². The van der Waals surface area contributed by atoms with Gasteiger partial charge in [-0.2, -0.15) is 0 Å². The van der Waals surface area contributed by atoms with E-state index >= 15 is 0 Å². The van der Waals surface area contributed by atoms with E-state index in [2.05, 4.69) is 13.8 Å². The Hall–Kier alpha value is -0.370. The largest absolute Gasteiger partial charge is 0.375 e. The molecule has 2 fully saturated rings. The minimum Gasteiger partial charge on any atom is -0.375 e. The smallest absolute Gasteiger partial charge is 0.123 e. The van der Waals surface area contributed by atoms with Crippen molar-refractivity contribution in [2.24, 2.45) is 17.8 Å². The van der Waals surface area contributed by atoms with Crippen molar-refractivity contribution in [2.75, 3.05) is 6.61 Å². The van der Waals surface area contributed by atoms with Crippen molar-refractivity contribution in [1.29, 1.82) is 0 Å². The number of ether oxygens (including phenoxy) is 1. The molecule has 0 unspecified atom stereocenters. The molecule has 0 radical (unpaired) electrons. The fourth-order valence-electron chi connectivity index (χ4n) is 3.97. The van der Waals surface area contributed by atoms with Crippen molar-refractivity contribution in [3.63, 3.8) is 0 Å². The first kappa shape index (κ1) is 15.0. The molecule has 2 rings (SSSR count). The van der Waals surface area contributed by atoms with Gasteiger partial charge in [-0.15, -0.1) is 0 Å². The molecule has 2 saturated carbocycles. The van der Waals surface area contributed by atoms with Crippen molar-refractivity contribution in [3.8, 4) is 0 Å². The van der Waals surface area contributed by atoms with Crippen LogP contribution in [0.25, 0.3) is 0 Å². The Kier molecular flexibility index (Phi) is 5.44. The summed E-state index contributed by atoms with van der Waals surface area (Å²) in [5.41, 5.74) is 0.145. The highest BCUT2D eigenvalue weighted by molar-refractivity contribution is 5.53. The van der Waals surface area contributed by atoms with Gasteiger partial charge in [0.15, 0.2) is 0 Å². The molecule has 0 spiro atoms. The SMILES string of the molecule is CCCOC1(C)CCC(C2CCC(C=O)CC2)CC1. The third kappa shape index (κ3) is 4.05. The molecule has 2 nitrogen and oxygen atoms in total. The first-order valence-corrected chi connectivity index (χ1v) is 8.26. The molecule has 19 heavy (non-hydrogen) atoms. The zero-order valence-electron chi connectivity index (χ0n) is 12.7. The molecule has 110 valence electrons. The number of carbonyl (C=O) groups excluding carboxylic acids is 1. The number of hydrogen-bond donors (Lipinski definition) is 0. The van der Waals surface area contributed by atoms with Crippen molar-refractivity contribution in [1.82, 2.24) is 0 Å². The molecular formula is C17H30O2. The van der Waals surface area contributed by atoms with Crippen molar-refractivity contribution in [3.05, 3.63) is 0 Å². The van der Waals surface area contributed by atoms with Crippen LogP contribution in [0.2, 0.25) is 0 Å². The summed E-state index contributed by atoms with van der Waals surface area (Å²) in [6, 6.07) is 0. The lowest BCUT2D eigenvalue weighted by molar-refractivity contribution is -0.112. The Bertz CT molecular complexity index is 271. The van der Waals surface area contributed by atoms with Crippen LogP contribution in [0.4, 0.5) is 0 Å². The Balaban J connectivity index is 1.75. The number of aldehydes is 1. The van der Waals surface area contributed by atoms with E-state index in [1.807, 2.05) is 0 Å². The van der Waals surface area contributed by atoms with Gasteiger partial charge in [0, 0.05) is 12.5 Å². The molecule has 0 aliphatic heterocycles. The van der Waals surface area contributed by atoms with Gasteiger partial charge in [-0.1, -0.05) is 6.92 Å². The van der Waals surface area contributed by atoms with Gasteiger partial charge in [-0.05, 0) is 76.5 Å². The Labute approximate surface area is 118 Å². The second kappa shape index (κ2) is 6.88. The van der Waals surface area contributed by atoms with Crippen LogP contribution in [0.1, 0.15) is 71.6 Å². The highest BCUT2D eigenvalue weighted by Gasteiger charge is 2.36. The zero-order valence-corrected chi connectivity index (χ0v) is 12.7. The van der Waals surface area contributed by atoms with Gasteiger partial charge >= 0.3 is 0 Å². The summed E-state index contributed by atoms with van der Waals surface area (Å²) >= 11 is 0. The molecule has 0 N–H and O–H groups in total. The van der Waals surface area contributed by atoms with Crippen molar-refractivity contribution >= 4 is 6.29 Å². The first-order valence-electron chi connectivity index (χ1n) is 8.26. The predicted octanol–water partition coefficient (Wildman–Crippen LogP) is 4.37. The summed E-state index contributed by atoms with van der Waals surface area (Å²) in [5.74, 6) is 2.14. The molecule has 2 aliphatic rings. The summed E-state index contributed by atoms with van der Waals surface area (Å²) < 4.78 is 6.04. The summed E-state index contributed by atoms with van der Waals surface area (Å²) in [7, 11) is 0. The van der Waals surface area contributed by atoms with Gasteiger partial charge < -0.3 is 9.53 Å². The molecule has 0 amide bonds. The second-order valence-corrected chi connectivity index (χ2v) is 6.95. The van der Waals surface area contributed by atoms with Gasteiger partial charge in [0.2, 0.25) is 0 Å². The molecule has 2 aliphatic carbocycles. The second-order valence-electron chi connectivity index (χ2n) is 6.95. The normalized spacial score (nSPS) is 40.0. The molecule has 0 heterocycles. The van der Waals surface area contributed by atoms with E-state index < -0.39 is 0 Å². The fraction of sp³-hybridized carbons (Fsp3) is 0.941. The van der Waals surface area contributed by atoms with E-state index in [9.17, 15) is 4.79 Å². The fourth-order valence-corrected chi connectivity index (χ4v) is 3.97. The van der Waals surface area contributed by atoms with Crippen LogP contribution in [-0.2, 0) is 9.53 Å². The lowest BCUT2D eigenvalue weighted by atomic mass is 9.68. The Morgan fingerprint density at radius 3 is 2.16 bits per heavy atom. The molecule has 0 saturated heterocycles. The molecule has 0 atom stereocenters. The number of carbonyl (C=O) groups is 1. The number of rotatable bonds is 5.